The number of hydrogen-bond donors (Lipinski definition) is 1. The quantitative estimate of drug-likeness (QED) is 0.744. The van der Waals surface area contributed by atoms with Crippen molar-refractivity contribution in [1.29, 1.82) is 0 Å². The van der Waals surface area contributed by atoms with Gasteiger partial charge in [0.2, 0.25) is 0 Å². The summed E-state index contributed by atoms with van der Waals surface area (Å²) in [5, 5.41) is 13.5. The van der Waals surface area contributed by atoms with Gasteiger partial charge in [0.15, 0.2) is 0 Å². The van der Waals surface area contributed by atoms with Gasteiger partial charge in [-0.05, 0) is 51.8 Å². The molecule has 1 N–H and O–H groups in total. The van der Waals surface area contributed by atoms with Crippen molar-refractivity contribution >= 4 is 0 Å². The molecule has 0 amide bonds. The zero-order valence-electron chi connectivity index (χ0n) is 12.8. The van der Waals surface area contributed by atoms with Crippen LogP contribution in [0.4, 0.5) is 0 Å². The summed E-state index contributed by atoms with van der Waals surface area (Å²) in [6.45, 7) is 2.32. The van der Waals surface area contributed by atoms with E-state index in [0.717, 1.165) is 32.4 Å². The minimum absolute atomic E-state index is 0.315. The zero-order valence-corrected chi connectivity index (χ0v) is 12.8. The van der Waals surface area contributed by atoms with Gasteiger partial charge >= 0.3 is 0 Å². The summed E-state index contributed by atoms with van der Waals surface area (Å²) < 4.78 is 2.19. The number of aliphatic hydroxyl groups is 1. The first kappa shape index (κ1) is 15.5. The third-order valence-electron chi connectivity index (χ3n) is 4.24. The molecule has 2 rings (SSSR count). The van der Waals surface area contributed by atoms with Crippen LogP contribution in [0.15, 0.2) is 12.3 Å². The van der Waals surface area contributed by atoms with E-state index in [-0.39, 0.29) is 0 Å². The SMILES string of the molecule is CN(CCCCCO)Cc1ccn(C2CCCCC2)n1. The van der Waals surface area contributed by atoms with Crippen molar-refractivity contribution < 1.29 is 5.11 Å². The normalized spacial score (nSPS) is 16.9. The molecule has 114 valence electrons. The Hall–Kier alpha value is -0.870. The van der Waals surface area contributed by atoms with Crippen LogP contribution in [0.1, 0.15) is 63.1 Å². The standard InChI is InChI=1S/C16H29N3O/c1-18(11-6-3-7-13-20)14-15-10-12-19(17-15)16-8-4-2-5-9-16/h10,12,16,20H,2-9,11,13-14H2,1H3. The highest BCUT2D eigenvalue weighted by Crippen LogP contribution is 2.27. The molecule has 20 heavy (non-hydrogen) atoms. The van der Waals surface area contributed by atoms with Gasteiger partial charge < -0.3 is 10.0 Å². The second-order valence-electron chi connectivity index (χ2n) is 6.10. The van der Waals surface area contributed by atoms with Crippen molar-refractivity contribution in [3.63, 3.8) is 0 Å². The number of unbranched alkanes of at least 4 members (excludes halogenated alkanes) is 2. The largest absolute Gasteiger partial charge is 0.396 e. The number of aliphatic hydroxyl groups excluding tert-OH is 1. The van der Waals surface area contributed by atoms with Gasteiger partial charge in [0.25, 0.3) is 0 Å². The molecule has 1 aromatic heterocycles. The molecule has 0 aromatic carbocycles. The molecule has 0 atom stereocenters. The monoisotopic (exact) mass is 279 g/mol. The highest BCUT2D eigenvalue weighted by molar-refractivity contribution is 4.99. The summed E-state index contributed by atoms with van der Waals surface area (Å²) in [6, 6.07) is 2.80. The molecule has 0 spiro atoms. The van der Waals surface area contributed by atoms with E-state index in [2.05, 4.69) is 28.9 Å². The highest BCUT2D eigenvalue weighted by Gasteiger charge is 2.16. The van der Waals surface area contributed by atoms with Gasteiger partial charge in [0.1, 0.15) is 0 Å². The van der Waals surface area contributed by atoms with E-state index in [9.17, 15) is 0 Å². The fraction of sp³-hybridized carbons (Fsp3) is 0.812. The van der Waals surface area contributed by atoms with Crippen LogP contribution < -0.4 is 0 Å². The summed E-state index contributed by atoms with van der Waals surface area (Å²) >= 11 is 0. The Morgan fingerprint density at radius 1 is 1.25 bits per heavy atom. The van der Waals surface area contributed by atoms with Crippen LogP contribution in [0.5, 0.6) is 0 Å². The predicted octanol–water partition coefficient (Wildman–Crippen LogP) is 2.98. The van der Waals surface area contributed by atoms with Gasteiger partial charge in [-0.1, -0.05) is 19.3 Å². The number of aromatic nitrogens is 2. The molecule has 1 heterocycles. The summed E-state index contributed by atoms with van der Waals surface area (Å²) in [6.07, 6.45) is 12.0. The van der Waals surface area contributed by atoms with Crippen LogP contribution in [-0.2, 0) is 6.54 Å². The number of hydrogen-bond acceptors (Lipinski definition) is 3. The van der Waals surface area contributed by atoms with E-state index >= 15 is 0 Å². The Balaban J connectivity index is 1.74. The van der Waals surface area contributed by atoms with Crippen molar-refractivity contribution in [2.24, 2.45) is 0 Å². The van der Waals surface area contributed by atoms with Gasteiger partial charge in [0.05, 0.1) is 11.7 Å². The lowest BCUT2D eigenvalue weighted by atomic mass is 9.96. The van der Waals surface area contributed by atoms with Crippen LogP contribution in [-0.4, -0.2) is 40.0 Å². The van der Waals surface area contributed by atoms with Gasteiger partial charge in [0, 0.05) is 19.3 Å². The highest BCUT2D eigenvalue weighted by atomic mass is 16.2. The molecule has 0 radical (unpaired) electrons. The number of nitrogens with zero attached hydrogens (tertiary/aromatic N) is 3. The Morgan fingerprint density at radius 3 is 2.80 bits per heavy atom. The predicted molar refractivity (Wildman–Crippen MR) is 81.6 cm³/mol. The third-order valence-corrected chi connectivity index (χ3v) is 4.24. The molecule has 1 saturated carbocycles. The van der Waals surface area contributed by atoms with Crippen LogP contribution in [0.25, 0.3) is 0 Å². The van der Waals surface area contributed by atoms with E-state index in [1.807, 2.05) is 0 Å². The van der Waals surface area contributed by atoms with Crippen LogP contribution in [0, 0.1) is 0 Å². The Morgan fingerprint density at radius 2 is 2.05 bits per heavy atom. The third kappa shape index (κ3) is 4.91. The minimum Gasteiger partial charge on any atom is -0.396 e. The molecule has 1 aliphatic carbocycles. The van der Waals surface area contributed by atoms with Gasteiger partial charge in [-0.2, -0.15) is 5.10 Å². The van der Waals surface area contributed by atoms with Crippen LogP contribution in [0.2, 0.25) is 0 Å². The maximum Gasteiger partial charge on any atom is 0.0764 e. The average molecular weight is 279 g/mol. The lowest BCUT2D eigenvalue weighted by molar-refractivity contribution is 0.269. The van der Waals surface area contributed by atoms with Crippen molar-refractivity contribution in [1.82, 2.24) is 14.7 Å². The molecule has 0 aliphatic heterocycles. The van der Waals surface area contributed by atoms with E-state index in [1.54, 1.807) is 0 Å². The van der Waals surface area contributed by atoms with E-state index in [1.165, 1.54) is 37.8 Å². The van der Waals surface area contributed by atoms with E-state index in [4.69, 9.17) is 10.2 Å². The molecular formula is C16H29N3O. The van der Waals surface area contributed by atoms with Crippen molar-refractivity contribution in [3.05, 3.63) is 18.0 Å². The smallest absolute Gasteiger partial charge is 0.0764 e. The summed E-state index contributed by atoms with van der Waals surface area (Å²) in [7, 11) is 2.15. The van der Waals surface area contributed by atoms with Gasteiger partial charge in [-0.25, -0.2) is 0 Å². The molecule has 1 aromatic rings. The molecule has 4 heteroatoms. The van der Waals surface area contributed by atoms with E-state index in [0.29, 0.717) is 12.6 Å². The second-order valence-corrected chi connectivity index (χ2v) is 6.10. The molecular weight excluding hydrogens is 250 g/mol. The first-order valence-corrected chi connectivity index (χ1v) is 8.13. The van der Waals surface area contributed by atoms with Crippen LogP contribution >= 0.6 is 0 Å². The zero-order chi connectivity index (χ0) is 14.2. The maximum atomic E-state index is 8.77. The summed E-state index contributed by atoms with van der Waals surface area (Å²) in [4.78, 5) is 2.32. The molecule has 4 nitrogen and oxygen atoms in total. The lowest BCUT2D eigenvalue weighted by Gasteiger charge is -2.22. The Bertz CT molecular complexity index is 372. The average Bonchev–Trinajstić information content (AvgIpc) is 2.93. The van der Waals surface area contributed by atoms with Crippen molar-refractivity contribution in [2.45, 2.75) is 64.0 Å². The number of rotatable bonds is 8. The van der Waals surface area contributed by atoms with E-state index < -0.39 is 0 Å². The fourth-order valence-corrected chi connectivity index (χ4v) is 3.04. The summed E-state index contributed by atoms with van der Waals surface area (Å²) in [5.74, 6) is 0. The first-order chi connectivity index (χ1) is 9.79. The van der Waals surface area contributed by atoms with Crippen molar-refractivity contribution in [2.75, 3.05) is 20.2 Å². The Labute approximate surface area is 122 Å². The molecule has 0 unspecified atom stereocenters. The van der Waals surface area contributed by atoms with Gasteiger partial charge in [-0.3, -0.25) is 4.68 Å². The van der Waals surface area contributed by atoms with Gasteiger partial charge in [-0.15, -0.1) is 0 Å². The van der Waals surface area contributed by atoms with Crippen molar-refractivity contribution in [3.8, 4) is 0 Å². The lowest BCUT2D eigenvalue weighted by Crippen LogP contribution is -2.20. The topological polar surface area (TPSA) is 41.3 Å². The minimum atomic E-state index is 0.315. The van der Waals surface area contributed by atoms with Crippen LogP contribution in [0.3, 0.4) is 0 Å². The first-order valence-electron chi connectivity index (χ1n) is 8.13. The molecule has 1 aliphatic rings. The molecule has 0 bridgehead atoms. The summed E-state index contributed by atoms with van der Waals surface area (Å²) in [5.41, 5.74) is 1.18. The second kappa shape index (κ2) is 8.42. The Kier molecular flexibility index (Phi) is 6.54. The maximum absolute atomic E-state index is 8.77. The molecule has 0 saturated heterocycles. The molecule has 1 fully saturated rings. The fourth-order valence-electron chi connectivity index (χ4n) is 3.04.